The number of pyridine rings is 1. The largest absolute Gasteiger partial charge is 0.453 e. The van der Waals surface area contributed by atoms with E-state index < -0.39 is 0 Å². The molecule has 0 spiro atoms. The highest BCUT2D eigenvalue weighted by molar-refractivity contribution is 6.02. The van der Waals surface area contributed by atoms with E-state index in [1.54, 1.807) is 26.4 Å². The number of fused-ring (bicyclic) bond motifs is 3. The molecule has 4 aromatic heterocycles. The molecule has 162 valence electrons. The van der Waals surface area contributed by atoms with E-state index >= 15 is 0 Å². The van der Waals surface area contributed by atoms with Crippen molar-refractivity contribution in [2.45, 2.75) is 18.9 Å². The van der Waals surface area contributed by atoms with Crippen molar-refractivity contribution in [2.24, 2.45) is 0 Å². The highest BCUT2D eigenvalue weighted by atomic mass is 16.5. The lowest BCUT2D eigenvalue weighted by Crippen LogP contribution is -2.22. The quantitative estimate of drug-likeness (QED) is 0.391. The molecule has 0 atom stereocenters. The normalized spacial score (nSPS) is 15.3. The van der Waals surface area contributed by atoms with Crippen LogP contribution in [-0.2, 0) is 9.53 Å². The fraction of sp³-hybridized carbons (Fsp3) is 0.304. The molecule has 0 saturated carbocycles. The Kier molecular flexibility index (Phi) is 4.99. The van der Waals surface area contributed by atoms with Crippen LogP contribution in [0.2, 0.25) is 0 Å². The number of aromatic amines is 1. The standard InChI is InChI=1S/C23H22N6O3/c1-28(2)23(30)14(12-24)11-16-3-4-19(32-16)22-27-18-13-26-21-17(5-8-25-21)20(18)29(22)15-6-9-31-10-7-15/h3-5,8,11,13,15H,6-7,9-10H2,1-2H3,(H,25,26)/b14-11+. The zero-order valence-corrected chi connectivity index (χ0v) is 17.8. The number of furan rings is 1. The summed E-state index contributed by atoms with van der Waals surface area (Å²) in [6.45, 7) is 1.38. The van der Waals surface area contributed by atoms with Gasteiger partial charge in [-0.15, -0.1) is 0 Å². The summed E-state index contributed by atoms with van der Waals surface area (Å²) in [6, 6.07) is 7.72. The Bertz CT molecular complexity index is 1380. The Morgan fingerprint density at radius 1 is 1.31 bits per heavy atom. The fourth-order valence-corrected chi connectivity index (χ4v) is 4.14. The van der Waals surface area contributed by atoms with Crippen molar-refractivity contribution in [2.75, 3.05) is 27.3 Å². The zero-order chi connectivity index (χ0) is 22.2. The number of aromatic nitrogens is 4. The summed E-state index contributed by atoms with van der Waals surface area (Å²) in [7, 11) is 3.21. The van der Waals surface area contributed by atoms with Gasteiger partial charge in [-0.1, -0.05) is 0 Å². The Hall–Kier alpha value is -3.90. The van der Waals surface area contributed by atoms with Gasteiger partial charge < -0.3 is 23.6 Å². The number of imidazole rings is 1. The van der Waals surface area contributed by atoms with Gasteiger partial charge in [0.2, 0.25) is 0 Å². The second kappa shape index (κ2) is 7.98. The molecule has 9 heteroatoms. The minimum absolute atomic E-state index is 0.00654. The Balaban J connectivity index is 1.65. The van der Waals surface area contributed by atoms with E-state index in [0.717, 1.165) is 34.9 Å². The molecule has 1 aliphatic heterocycles. The average molecular weight is 430 g/mol. The zero-order valence-electron chi connectivity index (χ0n) is 17.8. The van der Waals surface area contributed by atoms with Crippen molar-refractivity contribution in [3.05, 3.63) is 41.9 Å². The first-order valence-corrected chi connectivity index (χ1v) is 10.4. The van der Waals surface area contributed by atoms with Gasteiger partial charge in [0.15, 0.2) is 11.6 Å². The van der Waals surface area contributed by atoms with Crippen molar-refractivity contribution in [1.29, 1.82) is 5.26 Å². The second-order valence-electron chi connectivity index (χ2n) is 7.95. The number of nitriles is 1. The predicted molar refractivity (Wildman–Crippen MR) is 118 cm³/mol. The number of likely N-dealkylation sites (N-methyl/N-ethyl adjacent to an activating group) is 1. The molecular formula is C23H22N6O3. The Morgan fingerprint density at radius 3 is 2.88 bits per heavy atom. The number of amides is 1. The van der Waals surface area contributed by atoms with Crippen LogP contribution in [0.15, 0.2) is 40.6 Å². The van der Waals surface area contributed by atoms with Crippen LogP contribution < -0.4 is 0 Å². The number of nitrogens with one attached hydrogen (secondary N) is 1. The van der Waals surface area contributed by atoms with Crippen molar-refractivity contribution in [3.63, 3.8) is 0 Å². The molecule has 9 nitrogen and oxygen atoms in total. The van der Waals surface area contributed by atoms with E-state index in [4.69, 9.17) is 14.1 Å². The van der Waals surface area contributed by atoms with Gasteiger partial charge in [0.1, 0.15) is 28.6 Å². The third-order valence-corrected chi connectivity index (χ3v) is 5.68. The van der Waals surface area contributed by atoms with Gasteiger partial charge in [0, 0.05) is 51.0 Å². The number of H-pyrrole nitrogens is 1. The lowest BCUT2D eigenvalue weighted by molar-refractivity contribution is -0.124. The maximum Gasteiger partial charge on any atom is 0.264 e. The molecule has 1 amide bonds. The smallest absolute Gasteiger partial charge is 0.264 e. The predicted octanol–water partition coefficient (Wildman–Crippen LogP) is 3.52. The minimum atomic E-state index is -0.374. The maximum atomic E-state index is 12.2. The van der Waals surface area contributed by atoms with Gasteiger partial charge in [0.25, 0.3) is 5.91 Å². The highest BCUT2D eigenvalue weighted by Gasteiger charge is 2.26. The van der Waals surface area contributed by atoms with E-state index in [0.29, 0.717) is 30.6 Å². The van der Waals surface area contributed by atoms with Gasteiger partial charge in [-0.3, -0.25) is 4.79 Å². The monoisotopic (exact) mass is 430 g/mol. The van der Waals surface area contributed by atoms with Crippen LogP contribution >= 0.6 is 0 Å². The van der Waals surface area contributed by atoms with Crippen LogP contribution in [0.5, 0.6) is 0 Å². The maximum absolute atomic E-state index is 12.2. The van der Waals surface area contributed by atoms with Crippen LogP contribution in [0, 0.1) is 11.3 Å². The van der Waals surface area contributed by atoms with E-state index in [2.05, 4.69) is 14.5 Å². The molecule has 0 unspecified atom stereocenters. The average Bonchev–Trinajstić information content (AvgIpc) is 3.54. The summed E-state index contributed by atoms with van der Waals surface area (Å²) < 4.78 is 13.8. The number of carbonyl (C=O) groups is 1. The molecule has 0 bridgehead atoms. The number of rotatable bonds is 4. The van der Waals surface area contributed by atoms with E-state index in [1.165, 1.54) is 11.0 Å². The molecule has 5 heterocycles. The van der Waals surface area contributed by atoms with E-state index in [9.17, 15) is 10.1 Å². The summed E-state index contributed by atoms with van der Waals surface area (Å²) in [4.78, 5) is 26.0. The van der Waals surface area contributed by atoms with Crippen LogP contribution in [0.25, 0.3) is 39.7 Å². The highest BCUT2D eigenvalue weighted by Crippen LogP contribution is 2.36. The summed E-state index contributed by atoms with van der Waals surface area (Å²) in [5.41, 5.74) is 2.60. The number of hydrogen-bond acceptors (Lipinski definition) is 6. The van der Waals surface area contributed by atoms with E-state index in [-0.39, 0.29) is 17.5 Å². The van der Waals surface area contributed by atoms with Crippen molar-refractivity contribution < 1.29 is 13.9 Å². The van der Waals surface area contributed by atoms with E-state index in [1.807, 2.05) is 24.4 Å². The van der Waals surface area contributed by atoms with Crippen molar-refractivity contribution in [1.82, 2.24) is 24.4 Å². The SMILES string of the molecule is CN(C)C(=O)/C(C#N)=C/c1ccc(-c2nc3cnc4[nH]ccc4c3n2C2CCOCC2)o1. The molecule has 1 aliphatic rings. The number of nitrogens with zero attached hydrogens (tertiary/aromatic N) is 5. The third kappa shape index (κ3) is 3.35. The van der Waals surface area contributed by atoms with Crippen LogP contribution in [0.1, 0.15) is 24.6 Å². The number of ether oxygens (including phenoxy) is 1. The summed E-state index contributed by atoms with van der Waals surface area (Å²) in [6.07, 6.45) is 6.84. The van der Waals surface area contributed by atoms with Crippen molar-refractivity contribution >= 4 is 34.1 Å². The third-order valence-electron chi connectivity index (χ3n) is 5.68. The molecule has 0 aromatic carbocycles. The van der Waals surface area contributed by atoms with Gasteiger partial charge in [-0.25, -0.2) is 9.97 Å². The molecule has 32 heavy (non-hydrogen) atoms. The van der Waals surface area contributed by atoms with Gasteiger partial charge >= 0.3 is 0 Å². The molecular weight excluding hydrogens is 408 g/mol. The van der Waals surface area contributed by atoms with Crippen molar-refractivity contribution in [3.8, 4) is 17.7 Å². The first-order valence-electron chi connectivity index (χ1n) is 10.4. The molecule has 1 saturated heterocycles. The molecule has 0 radical (unpaired) electrons. The molecule has 1 N–H and O–H groups in total. The van der Waals surface area contributed by atoms with Crippen LogP contribution in [0.3, 0.4) is 0 Å². The topological polar surface area (TPSA) is 113 Å². The van der Waals surface area contributed by atoms with Gasteiger partial charge in [-0.2, -0.15) is 5.26 Å². The van der Waals surface area contributed by atoms with Gasteiger partial charge in [0.05, 0.1) is 11.7 Å². The lowest BCUT2D eigenvalue weighted by Gasteiger charge is -2.25. The minimum Gasteiger partial charge on any atom is -0.453 e. The fourth-order valence-electron chi connectivity index (χ4n) is 4.14. The lowest BCUT2D eigenvalue weighted by atomic mass is 10.1. The van der Waals surface area contributed by atoms with Crippen LogP contribution in [-0.4, -0.2) is 57.6 Å². The molecule has 0 aliphatic carbocycles. The summed E-state index contributed by atoms with van der Waals surface area (Å²) >= 11 is 0. The Labute approximate surface area is 183 Å². The van der Waals surface area contributed by atoms with Crippen LogP contribution in [0.4, 0.5) is 0 Å². The number of hydrogen-bond donors (Lipinski definition) is 1. The second-order valence-corrected chi connectivity index (χ2v) is 7.95. The molecule has 4 aromatic rings. The number of carbonyl (C=O) groups excluding carboxylic acids is 1. The Morgan fingerprint density at radius 2 is 2.12 bits per heavy atom. The molecule has 5 rings (SSSR count). The molecule has 1 fully saturated rings. The first kappa shape index (κ1) is 20.0. The summed E-state index contributed by atoms with van der Waals surface area (Å²) in [5.74, 6) is 1.31. The first-order chi connectivity index (χ1) is 15.6. The summed E-state index contributed by atoms with van der Waals surface area (Å²) in [5, 5.41) is 10.4. The van der Waals surface area contributed by atoms with Gasteiger partial charge in [-0.05, 0) is 31.0 Å².